The predicted octanol–water partition coefficient (Wildman–Crippen LogP) is 3.41. The second-order valence-electron chi connectivity index (χ2n) is 2.81. The number of hydrogen-bond acceptors (Lipinski definition) is 3. The van der Waals surface area contributed by atoms with Gasteiger partial charge in [-0.3, -0.25) is 4.79 Å². The third-order valence-corrected chi connectivity index (χ3v) is 3.38. The summed E-state index contributed by atoms with van der Waals surface area (Å²) in [5.41, 5.74) is 0.758. The van der Waals surface area contributed by atoms with Crippen LogP contribution in [-0.4, -0.2) is 11.3 Å². The minimum Gasteiger partial charge on any atom is -0.433 e. The molecule has 0 N–H and O–H groups in total. The molecule has 0 aliphatic rings. The molecule has 0 aliphatic carbocycles. The van der Waals surface area contributed by atoms with E-state index in [1.165, 1.54) is 6.20 Å². The van der Waals surface area contributed by atoms with Crippen LogP contribution in [0.2, 0.25) is 5.02 Å². The summed E-state index contributed by atoms with van der Waals surface area (Å²) in [6.07, 6.45) is 2.00. The first kappa shape index (κ1) is 10.6. The summed E-state index contributed by atoms with van der Waals surface area (Å²) in [4.78, 5) is 14.4. The predicted molar refractivity (Wildman–Crippen MR) is 65.1 cm³/mol. The van der Waals surface area contributed by atoms with Crippen LogP contribution < -0.4 is 0 Å². The van der Waals surface area contributed by atoms with E-state index in [0.29, 0.717) is 17.2 Å². The number of aldehydes is 1. The second kappa shape index (κ2) is 4.32. The molecule has 0 atom stereocenters. The first-order valence-electron chi connectivity index (χ1n) is 4.07. The van der Waals surface area contributed by atoms with Crippen molar-refractivity contribution < 1.29 is 9.21 Å². The summed E-state index contributed by atoms with van der Waals surface area (Å²) in [5.74, 6) is 0.607. The number of oxazole rings is 1. The molecule has 5 heteroatoms. The molecule has 3 nitrogen and oxygen atoms in total. The van der Waals surface area contributed by atoms with Gasteiger partial charge in [-0.15, -0.1) is 0 Å². The lowest BCUT2D eigenvalue weighted by atomic mass is 10.2. The average Bonchev–Trinajstić information content (AvgIpc) is 2.70. The highest BCUT2D eigenvalue weighted by Crippen LogP contribution is 2.25. The molecule has 0 spiro atoms. The number of carbonyl (C=O) groups excluding carboxylic acids is 1. The van der Waals surface area contributed by atoms with Crippen molar-refractivity contribution in [1.82, 2.24) is 4.98 Å². The normalized spacial score (nSPS) is 10.3. The topological polar surface area (TPSA) is 43.1 Å². The van der Waals surface area contributed by atoms with E-state index >= 15 is 0 Å². The van der Waals surface area contributed by atoms with Crippen LogP contribution in [0.15, 0.2) is 28.8 Å². The van der Waals surface area contributed by atoms with Gasteiger partial charge in [0.25, 0.3) is 0 Å². The Labute approximate surface area is 105 Å². The maximum Gasteiger partial charge on any atom is 0.226 e. The Bertz CT molecular complexity index is 510. The zero-order valence-electron chi connectivity index (χ0n) is 7.41. The van der Waals surface area contributed by atoms with Crippen molar-refractivity contribution in [2.75, 3.05) is 0 Å². The standard InChI is InChI=1S/C10H5ClINO2/c11-8-3-6(1-2-9(8)12)10-13-4-7(5-14)15-10/h1-5H. The van der Waals surface area contributed by atoms with Crippen molar-refractivity contribution in [2.45, 2.75) is 0 Å². The third-order valence-electron chi connectivity index (χ3n) is 1.81. The number of aromatic nitrogens is 1. The molecule has 0 aliphatic heterocycles. The van der Waals surface area contributed by atoms with E-state index in [1.54, 1.807) is 6.07 Å². The van der Waals surface area contributed by atoms with Gasteiger partial charge in [-0.2, -0.15) is 0 Å². The smallest absolute Gasteiger partial charge is 0.226 e. The molecule has 0 saturated carbocycles. The van der Waals surface area contributed by atoms with Gasteiger partial charge in [0.2, 0.25) is 5.89 Å². The number of rotatable bonds is 2. The van der Waals surface area contributed by atoms with Gasteiger partial charge in [0.15, 0.2) is 12.0 Å². The molecule has 0 bridgehead atoms. The van der Waals surface area contributed by atoms with E-state index in [9.17, 15) is 4.79 Å². The number of halogens is 2. The van der Waals surface area contributed by atoms with Gasteiger partial charge in [-0.05, 0) is 40.8 Å². The van der Waals surface area contributed by atoms with Crippen LogP contribution in [0.1, 0.15) is 10.6 Å². The first-order chi connectivity index (χ1) is 7.20. The van der Waals surface area contributed by atoms with Crippen LogP contribution in [0.4, 0.5) is 0 Å². The molecule has 2 rings (SSSR count). The maximum absolute atomic E-state index is 10.4. The van der Waals surface area contributed by atoms with Gasteiger partial charge in [-0.1, -0.05) is 11.6 Å². The van der Waals surface area contributed by atoms with E-state index in [0.717, 1.165) is 9.13 Å². The lowest BCUT2D eigenvalue weighted by molar-refractivity contribution is 0.110. The molecular formula is C10H5ClINO2. The van der Waals surface area contributed by atoms with Crippen molar-refractivity contribution in [3.63, 3.8) is 0 Å². The van der Waals surface area contributed by atoms with E-state index in [2.05, 4.69) is 27.6 Å². The minimum atomic E-state index is 0.208. The lowest BCUT2D eigenvalue weighted by Gasteiger charge is -1.98. The average molecular weight is 334 g/mol. The van der Waals surface area contributed by atoms with Crippen molar-refractivity contribution in [2.24, 2.45) is 0 Å². The summed E-state index contributed by atoms with van der Waals surface area (Å²) >= 11 is 8.09. The van der Waals surface area contributed by atoms with Crippen LogP contribution >= 0.6 is 34.2 Å². The molecule has 1 heterocycles. The van der Waals surface area contributed by atoms with Gasteiger partial charge >= 0.3 is 0 Å². The van der Waals surface area contributed by atoms with Crippen molar-refractivity contribution >= 4 is 40.5 Å². The van der Waals surface area contributed by atoms with Gasteiger partial charge in [-0.25, -0.2) is 4.98 Å². The second-order valence-corrected chi connectivity index (χ2v) is 4.38. The van der Waals surface area contributed by atoms with Gasteiger partial charge in [0.05, 0.1) is 11.2 Å². The van der Waals surface area contributed by atoms with Gasteiger partial charge in [0.1, 0.15) is 0 Å². The summed E-state index contributed by atoms with van der Waals surface area (Å²) in [6.45, 7) is 0. The summed E-state index contributed by atoms with van der Waals surface area (Å²) < 4.78 is 6.13. The van der Waals surface area contributed by atoms with Crippen LogP contribution in [0, 0.1) is 3.57 Å². The molecular weight excluding hydrogens is 328 g/mol. The fraction of sp³-hybridized carbons (Fsp3) is 0. The number of benzene rings is 1. The summed E-state index contributed by atoms with van der Waals surface area (Å²) in [5, 5.41) is 0.638. The maximum atomic E-state index is 10.4. The van der Waals surface area contributed by atoms with Crippen molar-refractivity contribution in [3.8, 4) is 11.5 Å². The van der Waals surface area contributed by atoms with Crippen molar-refractivity contribution in [3.05, 3.63) is 38.7 Å². The summed E-state index contributed by atoms with van der Waals surface area (Å²) in [7, 11) is 0. The summed E-state index contributed by atoms with van der Waals surface area (Å²) in [6, 6.07) is 5.46. The van der Waals surface area contributed by atoms with Crippen molar-refractivity contribution in [1.29, 1.82) is 0 Å². The Morgan fingerprint density at radius 2 is 2.27 bits per heavy atom. The minimum absolute atomic E-state index is 0.208. The zero-order chi connectivity index (χ0) is 10.8. The monoisotopic (exact) mass is 333 g/mol. The van der Waals surface area contributed by atoms with Gasteiger partial charge in [0, 0.05) is 9.13 Å². The van der Waals surface area contributed by atoms with Gasteiger partial charge < -0.3 is 4.42 Å². The highest BCUT2D eigenvalue weighted by Gasteiger charge is 2.07. The third kappa shape index (κ3) is 2.21. The molecule has 1 aromatic carbocycles. The Hall–Kier alpha value is -0.880. The SMILES string of the molecule is O=Cc1cnc(-c2ccc(I)c(Cl)c2)o1. The molecule has 0 unspecified atom stereocenters. The number of carbonyl (C=O) groups is 1. The van der Waals surface area contributed by atoms with E-state index in [-0.39, 0.29) is 5.76 Å². The quantitative estimate of drug-likeness (QED) is 0.625. The Morgan fingerprint density at radius 1 is 1.47 bits per heavy atom. The highest BCUT2D eigenvalue weighted by atomic mass is 127. The first-order valence-corrected chi connectivity index (χ1v) is 5.53. The largest absolute Gasteiger partial charge is 0.433 e. The van der Waals surface area contributed by atoms with Crippen LogP contribution in [-0.2, 0) is 0 Å². The molecule has 0 saturated heterocycles. The van der Waals surface area contributed by atoms with Crippen LogP contribution in [0.5, 0.6) is 0 Å². The Balaban J connectivity index is 2.44. The number of hydrogen-bond donors (Lipinski definition) is 0. The van der Waals surface area contributed by atoms with E-state index in [4.69, 9.17) is 16.0 Å². The fourth-order valence-corrected chi connectivity index (χ4v) is 1.62. The van der Waals surface area contributed by atoms with Crippen LogP contribution in [0.25, 0.3) is 11.5 Å². The molecule has 0 radical (unpaired) electrons. The van der Waals surface area contributed by atoms with Crippen LogP contribution in [0.3, 0.4) is 0 Å². The molecule has 1 aromatic heterocycles. The molecule has 0 fully saturated rings. The zero-order valence-corrected chi connectivity index (χ0v) is 10.3. The molecule has 2 aromatic rings. The molecule has 0 amide bonds. The molecule has 76 valence electrons. The van der Waals surface area contributed by atoms with E-state index < -0.39 is 0 Å². The Kier molecular flexibility index (Phi) is 3.06. The lowest BCUT2D eigenvalue weighted by Crippen LogP contribution is -1.79. The molecule has 15 heavy (non-hydrogen) atoms. The van der Waals surface area contributed by atoms with E-state index in [1.807, 2.05) is 12.1 Å². The number of nitrogens with zero attached hydrogens (tertiary/aromatic N) is 1. The highest BCUT2D eigenvalue weighted by molar-refractivity contribution is 14.1. The fourth-order valence-electron chi connectivity index (χ4n) is 1.10. The Morgan fingerprint density at radius 3 is 2.87 bits per heavy atom.